The molecule has 0 aromatic heterocycles. The maximum Gasteiger partial charge on any atom is 0.312 e. The molecule has 0 amide bonds. The van der Waals surface area contributed by atoms with E-state index in [0.29, 0.717) is 24.5 Å². The predicted octanol–water partition coefficient (Wildman–Crippen LogP) is 4.09. The van der Waals surface area contributed by atoms with E-state index in [1.165, 1.54) is 36.0 Å². The van der Waals surface area contributed by atoms with E-state index in [4.69, 9.17) is 14.2 Å². The van der Waals surface area contributed by atoms with Crippen molar-refractivity contribution in [3.8, 4) is 5.75 Å². The van der Waals surface area contributed by atoms with E-state index in [0.717, 1.165) is 12.8 Å². The molecule has 178 valence electrons. The predicted molar refractivity (Wildman–Crippen MR) is 118 cm³/mol. The first-order valence-corrected chi connectivity index (χ1v) is 12.5. The second-order valence-electron chi connectivity index (χ2n) is 9.73. The molecule has 1 aliphatic carbocycles. The van der Waals surface area contributed by atoms with Crippen LogP contribution in [0, 0.1) is 29.5 Å². The molecule has 2 aliphatic heterocycles. The molecule has 3 fully saturated rings. The zero-order valence-electron chi connectivity index (χ0n) is 18.8. The Hall–Kier alpha value is -1.19. The second-order valence-corrected chi connectivity index (χ2v) is 10.9. The van der Waals surface area contributed by atoms with Crippen molar-refractivity contribution in [1.82, 2.24) is 0 Å². The van der Waals surface area contributed by atoms with E-state index < -0.39 is 29.5 Å². The second kappa shape index (κ2) is 9.22. The number of esters is 1. The third kappa shape index (κ3) is 4.71. The number of carbonyl (C=O) groups excluding carboxylic acids is 1. The molecule has 0 radical (unpaired) electrons. The van der Waals surface area contributed by atoms with Gasteiger partial charge >= 0.3 is 5.97 Å². The minimum atomic E-state index is -1.35. The van der Waals surface area contributed by atoms with Crippen LogP contribution in [0.2, 0.25) is 0 Å². The van der Waals surface area contributed by atoms with E-state index in [9.17, 15) is 19.4 Å². The largest absolute Gasteiger partial charge is 0.426 e. The normalized spacial score (nSPS) is 41.4. The van der Waals surface area contributed by atoms with Crippen molar-refractivity contribution < 1.29 is 33.6 Å². The minimum Gasteiger partial charge on any atom is -0.426 e. The number of hydrogen-bond donors (Lipinski definition) is 2. The molecule has 8 atom stereocenters. The number of carbonyl (C=O) groups is 1. The Kier molecular flexibility index (Phi) is 6.90. The van der Waals surface area contributed by atoms with Gasteiger partial charge in [0.1, 0.15) is 22.6 Å². The number of halogens is 1. The van der Waals surface area contributed by atoms with Crippen LogP contribution in [0.4, 0.5) is 4.39 Å². The van der Waals surface area contributed by atoms with Gasteiger partial charge < -0.3 is 24.4 Å². The van der Waals surface area contributed by atoms with Crippen LogP contribution in [-0.2, 0) is 14.3 Å². The molecule has 2 saturated heterocycles. The average Bonchev–Trinajstić information content (AvgIpc) is 2.81. The van der Waals surface area contributed by atoms with Crippen molar-refractivity contribution in [2.24, 2.45) is 23.7 Å². The van der Waals surface area contributed by atoms with E-state index in [-0.39, 0.29) is 35.4 Å². The Bertz CT molecular complexity index is 834. The van der Waals surface area contributed by atoms with E-state index in [1.54, 1.807) is 6.92 Å². The standard InChI is InChI=1S/C24H33FO6S/c1-14-7-8-19-15(2)21(30-22-24(19,28)18(14)9-11-23(3,27)31-22)32-12-10-20(26)29-17-6-4-5-16(25)13-17/h4-6,13-15,18-19,21-22,27-28H,7-12H2,1-3H3/t14-,15-,18+,19+,21+,22-,23+,24-/m1/s1. The Morgan fingerprint density at radius 3 is 2.78 bits per heavy atom. The number of hydrogen-bond acceptors (Lipinski definition) is 7. The molecule has 0 bridgehead atoms. The number of rotatable bonds is 5. The first kappa shape index (κ1) is 24.0. The van der Waals surface area contributed by atoms with Gasteiger partial charge in [0, 0.05) is 18.2 Å². The highest BCUT2D eigenvalue weighted by molar-refractivity contribution is 7.99. The Balaban J connectivity index is 1.41. The van der Waals surface area contributed by atoms with Crippen LogP contribution in [0.15, 0.2) is 24.3 Å². The van der Waals surface area contributed by atoms with Gasteiger partial charge in [-0.15, -0.1) is 11.8 Å². The first-order chi connectivity index (χ1) is 15.1. The van der Waals surface area contributed by atoms with Crippen LogP contribution in [0.3, 0.4) is 0 Å². The summed E-state index contributed by atoms with van der Waals surface area (Å²) in [4.78, 5) is 12.2. The topological polar surface area (TPSA) is 85.2 Å². The monoisotopic (exact) mass is 468 g/mol. The molecule has 2 heterocycles. The molecule has 0 spiro atoms. The van der Waals surface area contributed by atoms with Crippen LogP contribution in [-0.4, -0.2) is 45.0 Å². The molecule has 32 heavy (non-hydrogen) atoms. The molecule has 8 heteroatoms. The van der Waals surface area contributed by atoms with Gasteiger partial charge in [0.25, 0.3) is 0 Å². The molecule has 2 N–H and O–H groups in total. The summed E-state index contributed by atoms with van der Waals surface area (Å²) < 4.78 is 30.7. The highest BCUT2D eigenvalue weighted by atomic mass is 32.2. The van der Waals surface area contributed by atoms with Crippen molar-refractivity contribution >= 4 is 17.7 Å². The van der Waals surface area contributed by atoms with Crippen LogP contribution in [0.5, 0.6) is 5.75 Å². The van der Waals surface area contributed by atoms with Crippen molar-refractivity contribution in [2.75, 3.05) is 5.75 Å². The van der Waals surface area contributed by atoms with Gasteiger partial charge in [-0.05, 0) is 62.0 Å². The third-order valence-electron chi connectivity index (χ3n) is 7.40. The smallest absolute Gasteiger partial charge is 0.312 e. The molecule has 1 aromatic carbocycles. The lowest BCUT2D eigenvalue weighted by atomic mass is 9.58. The van der Waals surface area contributed by atoms with Gasteiger partial charge in [0.05, 0.1) is 6.42 Å². The van der Waals surface area contributed by atoms with Crippen molar-refractivity contribution in [3.05, 3.63) is 30.1 Å². The SMILES string of the molecule is C[C@H]1[C@H](SCCC(=O)Oc2cccc(F)c2)O[C@@H]2O[C@](C)(O)CC[C@H]3[C@H](C)CC[C@@H]1[C@@]23O. The highest BCUT2D eigenvalue weighted by Gasteiger charge is 2.63. The van der Waals surface area contributed by atoms with E-state index >= 15 is 0 Å². The van der Waals surface area contributed by atoms with Crippen molar-refractivity contribution in [2.45, 2.75) is 76.0 Å². The molecular weight excluding hydrogens is 435 g/mol. The number of ether oxygens (including phenoxy) is 3. The summed E-state index contributed by atoms with van der Waals surface area (Å²) in [6, 6.07) is 5.50. The Morgan fingerprint density at radius 2 is 2.03 bits per heavy atom. The van der Waals surface area contributed by atoms with Crippen LogP contribution >= 0.6 is 11.8 Å². The van der Waals surface area contributed by atoms with E-state index in [1.807, 2.05) is 0 Å². The molecule has 4 rings (SSSR count). The van der Waals surface area contributed by atoms with Crippen molar-refractivity contribution in [1.29, 1.82) is 0 Å². The van der Waals surface area contributed by atoms with Gasteiger partial charge in [0.15, 0.2) is 12.1 Å². The lowest BCUT2D eigenvalue weighted by Crippen LogP contribution is -2.66. The molecule has 3 aliphatic rings. The maximum atomic E-state index is 13.3. The minimum absolute atomic E-state index is 0.00639. The molecule has 6 nitrogen and oxygen atoms in total. The Morgan fingerprint density at radius 1 is 1.25 bits per heavy atom. The van der Waals surface area contributed by atoms with Gasteiger partial charge in [0.2, 0.25) is 0 Å². The lowest BCUT2D eigenvalue weighted by molar-refractivity contribution is -0.368. The summed E-state index contributed by atoms with van der Waals surface area (Å²) in [6.45, 7) is 5.86. The lowest BCUT2D eigenvalue weighted by Gasteiger charge is -2.57. The zero-order valence-corrected chi connectivity index (χ0v) is 19.6. The van der Waals surface area contributed by atoms with Crippen LogP contribution < -0.4 is 4.74 Å². The third-order valence-corrected chi connectivity index (χ3v) is 8.71. The Labute approximate surface area is 192 Å². The number of thioether (sulfide) groups is 1. The average molecular weight is 469 g/mol. The summed E-state index contributed by atoms with van der Waals surface area (Å²) in [7, 11) is 0. The zero-order chi connectivity index (χ0) is 23.1. The molecule has 1 saturated carbocycles. The summed E-state index contributed by atoms with van der Waals surface area (Å²) in [5, 5.41) is 22.5. The first-order valence-electron chi connectivity index (χ1n) is 11.5. The summed E-state index contributed by atoms with van der Waals surface area (Å²) in [5.74, 6) is -1.23. The summed E-state index contributed by atoms with van der Waals surface area (Å²) in [5.41, 5.74) is -1.42. The van der Waals surface area contributed by atoms with Gasteiger partial charge in [-0.2, -0.15) is 0 Å². The van der Waals surface area contributed by atoms with Gasteiger partial charge in [-0.3, -0.25) is 4.79 Å². The molecular formula is C24H33FO6S. The van der Waals surface area contributed by atoms with Crippen LogP contribution in [0.1, 0.15) is 52.9 Å². The van der Waals surface area contributed by atoms with Gasteiger partial charge in [-0.1, -0.05) is 19.9 Å². The summed E-state index contributed by atoms with van der Waals surface area (Å²) >= 11 is 1.48. The number of aliphatic hydroxyl groups is 2. The molecule has 0 unspecified atom stereocenters. The molecule has 1 aromatic rings. The fourth-order valence-corrected chi connectivity index (χ4v) is 6.89. The highest BCUT2D eigenvalue weighted by Crippen LogP contribution is 2.56. The fourth-order valence-electron chi connectivity index (χ4n) is 5.70. The summed E-state index contributed by atoms with van der Waals surface area (Å²) in [6.07, 6.45) is 2.27. The maximum absolute atomic E-state index is 13.3. The van der Waals surface area contributed by atoms with Crippen molar-refractivity contribution in [3.63, 3.8) is 0 Å². The number of benzene rings is 1. The fraction of sp³-hybridized carbons (Fsp3) is 0.708. The van der Waals surface area contributed by atoms with Gasteiger partial charge in [-0.25, -0.2) is 4.39 Å². The van der Waals surface area contributed by atoms with E-state index in [2.05, 4.69) is 13.8 Å². The quantitative estimate of drug-likeness (QED) is 0.497. The van der Waals surface area contributed by atoms with Crippen LogP contribution in [0.25, 0.3) is 0 Å².